The van der Waals surface area contributed by atoms with Gasteiger partial charge in [-0.2, -0.15) is 0 Å². The molecule has 1 unspecified atom stereocenters. The summed E-state index contributed by atoms with van der Waals surface area (Å²) in [5.41, 5.74) is 1.20. The average molecular weight is 268 g/mol. The monoisotopic (exact) mass is 268 g/mol. The van der Waals surface area contributed by atoms with Gasteiger partial charge in [-0.1, -0.05) is 62.9 Å². The largest absolute Gasteiger partial charge is 0.307 e. The summed E-state index contributed by atoms with van der Waals surface area (Å²) in [6.45, 7) is 12.0. The molecule has 0 bridgehead atoms. The lowest BCUT2D eigenvalue weighted by molar-refractivity contribution is 1.24. The maximum absolute atomic E-state index is 11.3. The number of aromatic nitrogens is 2. The van der Waals surface area contributed by atoms with Crippen LogP contribution >= 0.6 is 9.24 Å². The normalized spacial score (nSPS) is 7.94. The van der Waals surface area contributed by atoms with Gasteiger partial charge in [0.25, 0.3) is 5.56 Å². The quantitative estimate of drug-likeness (QED) is 0.743. The zero-order valence-corrected chi connectivity index (χ0v) is 13.4. The minimum Gasteiger partial charge on any atom is -0.307 e. The summed E-state index contributed by atoms with van der Waals surface area (Å²) in [5.74, 6) is 0. The fraction of sp³-hybridized carbons (Fsp3) is 0.429. The average Bonchev–Trinajstić information content (AvgIpc) is 2.45. The van der Waals surface area contributed by atoms with Crippen molar-refractivity contribution in [2.24, 2.45) is 0 Å². The SMILES string of the molecule is CC.CC.CC.O=c1[nH]c(P)nc2ccccc12. The first-order chi connectivity index (χ1) is 8.77. The molecule has 0 saturated heterocycles. The van der Waals surface area contributed by atoms with E-state index in [-0.39, 0.29) is 5.56 Å². The molecule has 0 spiro atoms. The van der Waals surface area contributed by atoms with Crippen molar-refractivity contribution in [1.82, 2.24) is 9.97 Å². The van der Waals surface area contributed by atoms with Gasteiger partial charge in [-0.3, -0.25) is 4.79 Å². The van der Waals surface area contributed by atoms with Crippen molar-refractivity contribution in [2.45, 2.75) is 41.5 Å². The van der Waals surface area contributed by atoms with Crippen LogP contribution in [0.2, 0.25) is 0 Å². The van der Waals surface area contributed by atoms with E-state index in [2.05, 4.69) is 19.2 Å². The molecule has 1 aromatic carbocycles. The summed E-state index contributed by atoms with van der Waals surface area (Å²) in [4.78, 5) is 18.0. The van der Waals surface area contributed by atoms with Crippen LogP contribution in [0.3, 0.4) is 0 Å². The van der Waals surface area contributed by atoms with E-state index in [1.807, 2.05) is 59.7 Å². The molecule has 3 nitrogen and oxygen atoms in total. The molecule has 0 aliphatic carbocycles. The van der Waals surface area contributed by atoms with E-state index in [4.69, 9.17) is 0 Å². The van der Waals surface area contributed by atoms with E-state index in [1.165, 1.54) is 0 Å². The van der Waals surface area contributed by atoms with Crippen LogP contribution in [0.4, 0.5) is 0 Å². The van der Waals surface area contributed by atoms with Crippen molar-refractivity contribution < 1.29 is 0 Å². The number of para-hydroxylation sites is 1. The Balaban J connectivity index is 0. The van der Waals surface area contributed by atoms with Crippen molar-refractivity contribution in [3.05, 3.63) is 34.6 Å². The topological polar surface area (TPSA) is 45.8 Å². The van der Waals surface area contributed by atoms with Crippen molar-refractivity contribution in [1.29, 1.82) is 0 Å². The highest BCUT2D eigenvalue weighted by molar-refractivity contribution is 7.26. The van der Waals surface area contributed by atoms with Gasteiger partial charge < -0.3 is 4.98 Å². The summed E-state index contributed by atoms with van der Waals surface area (Å²) < 4.78 is 0. The van der Waals surface area contributed by atoms with Crippen LogP contribution in [-0.4, -0.2) is 9.97 Å². The van der Waals surface area contributed by atoms with Crippen LogP contribution in [0.5, 0.6) is 0 Å². The Kier molecular flexibility index (Phi) is 13.0. The van der Waals surface area contributed by atoms with Crippen LogP contribution in [0, 0.1) is 0 Å². The van der Waals surface area contributed by atoms with Gasteiger partial charge in [0.15, 0.2) is 0 Å². The Morgan fingerprint density at radius 2 is 1.50 bits per heavy atom. The number of nitrogens with one attached hydrogen (secondary N) is 1. The molecule has 1 atom stereocenters. The minimum absolute atomic E-state index is 0.0920. The summed E-state index contributed by atoms with van der Waals surface area (Å²) in [6.07, 6.45) is 0. The summed E-state index contributed by atoms with van der Waals surface area (Å²) in [7, 11) is 2.37. The number of fused-ring (bicyclic) bond motifs is 1. The molecule has 4 heteroatoms. The highest BCUT2D eigenvalue weighted by Gasteiger charge is 1.97. The summed E-state index contributed by atoms with van der Waals surface area (Å²) in [6, 6.07) is 7.25. The predicted molar refractivity (Wildman–Crippen MR) is 85.8 cm³/mol. The van der Waals surface area contributed by atoms with Crippen molar-refractivity contribution >= 4 is 25.7 Å². The molecule has 18 heavy (non-hydrogen) atoms. The number of benzene rings is 1. The zero-order valence-electron chi connectivity index (χ0n) is 12.2. The molecular weight excluding hydrogens is 243 g/mol. The van der Waals surface area contributed by atoms with Crippen LogP contribution < -0.4 is 11.1 Å². The molecule has 0 saturated carbocycles. The standard InChI is InChI=1S/C8H7N2OP.3C2H6/c11-7-5-3-1-2-4-6(5)9-8(12)10-7;3*1-2/h1-4H,12H2,(H,9,10,11);3*1-2H3. The first kappa shape index (κ1) is 19.1. The maximum atomic E-state index is 11.3. The van der Waals surface area contributed by atoms with Gasteiger partial charge in [-0.15, -0.1) is 0 Å². The highest BCUT2D eigenvalue weighted by atomic mass is 31.0. The Morgan fingerprint density at radius 3 is 2.06 bits per heavy atom. The first-order valence-corrected chi connectivity index (χ1v) is 7.09. The van der Waals surface area contributed by atoms with Gasteiger partial charge in [0, 0.05) is 0 Å². The van der Waals surface area contributed by atoms with Gasteiger partial charge in [-0.05, 0) is 12.1 Å². The molecule has 102 valence electrons. The fourth-order valence-electron chi connectivity index (χ4n) is 1.10. The zero-order chi connectivity index (χ0) is 14.6. The van der Waals surface area contributed by atoms with E-state index in [9.17, 15) is 4.79 Å². The lowest BCUT2D eigenvalue weighted by Gasteiger charge is -1.95. The number of aromatic amines is 1. The van der Waals surface area contributed by atoms with E-state index >= 15 is 0 Å². The van der Waals surface area contributed by atoms with Crippen LogP contribution in [0.1, 0.15) is 41.5 Å². The summed E-state index contributed by atoms with van der Waals surface area (Å²) >= 11 is 0. The summed E-state index contributed by atoms with van der Waals surface area (Å²) in [5, 5.41) is 0.628. The first-order valence-electron chi connectivity index (χ1n) is 6.52. The lowest BCUT2D eigenvalue weighted by atomic mass is 10.2. The Labute approximate surface area is 112 Å². The van der Waals surface area contributed by atoms with Gasteiger partial charge in [-0.25, -0.2) is 4.98 Å². The predicted octanol–water partition coefficient (Wildman–Crippen LogP) is 3.50. The fourth-order valence-corrected chi connectivity index (χ4v) is 1.37. The van der Waals surface area contributed by atoms with E-state index in [0.29, 0.717) is 11.0 Å². The number of hydrogen-bond donors (Lipinski definition) is 1. The second-order valence-corrected chi connectivity index (χ2v) is 3.02. The molecule has 0 aliphatic rings. The van der Waals surface area contributed by atoms with Crippen LogP contribution in [0.25, 0.3) is 10.9 Å². The van der Waals surface area contributed by atoms with E-state index in [0.717, 1.165) is 5.52 Å². The third kappa shape index (κ3) is 5.92. The second-order valence-electron chi connectivity index (χ2n) is 2.47. The minimum atomic E-state index is -0.0920. The molecule has 0 amide bonds. The smallest absolute Gasteiger partial charge is 0.259 e. The number of nitrogens with zero attached hydrogens (tertiary/aromatic N) is 1. The number of rotatable bonds is 0. The van der Waals surface area contributed by atoms with Crippen molar-refractivity contribution in [3.63, 3.8) is 0 Å². The van der Waals surface area contributed by atoms with Crippen molar-refractivity contribution in [3.8, 4) is 0 Å². The molecule has 0 radical (unpaired) electrons. The lowest BCUT2D eigenvalue weighted by Crippen LogP contribution is -2.17. The Morgan fingerprint density at radius 1 is 1.00 bits per heavy atom. The number of hydrogen-bond acceptors (Lipinski definition) is 2. The maximum Gasteiger partial charge on any atom is 0.259 e. The molecule has 1 heterocycles. The molecular formula is C14H25N2OP. The second kappa shape index (κ2) is 12.3. The molecule has 1 aromatic heterocycles. The van der Waals surface area contributed by atoms with Gasteiger partial charge in [0.05, 0.1) is 10.9 Å². The van der Waals surface area contributed by atoms with Crippen LogP contribution in [0.15, 0.2) is 29.1 Å². The van der Waals surface area contributed by atoms with Gasteiger partial charge >= 0.3 is 0 Å². The molecule has 0 aliphatic heterocycles. The number of H-pyrrole nitrogens is 1. The van der Waals surface area contributed by atoms with E-state index in [1.54, 1.807) is 6.07 Å². The molecule has 2 rings (SSSR count). The van der Waals surface area contributed by atoms with Crippen LogP contribution in [-0.2, 0) is 0 Å². The molecule has 0 fully saturated rings. The van der Waals surface area contributed by atoms with E-state index < -0.39 is 0 Å². The third-order valence-electron chi connectivity index (χ3n) is 1.63. The molecule has 2 aromatic rings. The van der Waals surface area contributed by atoms with Gasteiger partial charge in [0.1, 0.15) is 5.57 Å². The van der Waals surface area contributed by atoms with Crippen molar-refractivity contribution in [2.75, 3.05) is 0 Å². The third-order valence-corrected chi connectivity index (χ3v) is 1.90. The Hall–Kier alpha value is -1.21. The Bertz CT molecular complexity index is 480. The highest BCUT2D eigenvalue weighted by Crippen LogP contribution is 2.02. The molecule has 1 N–H and O–H groups in total. The van der Waals surface area contributed by atoms with Gasteiger partial charge in [0.2, 0.25) is 0 Å².